The molecule has 1 aliphatic carbocycles. The summed E-state index contributed by atoms with van der Waals surface area (Å²) < 4.78 is 52.8. The Morgan fingerprint density at radius 2 is 1.70 bits per heavy atom. The van der Waals surface area contributed by atoms with Gasteiger partial charge < -0.3 is 5.73 Å². The summed E-state index contributed by atoms with van der Waals surface area (Å²) in [5.74, 6) is 0.350. The largest absolute Gasteiger partial charge is 0.326 e. The summed E-state index contributed by atoms with van der Waals surface area (Å²) in [6, 6.07) is 5.30. The minimum Gasteiger partial charge on any atom is -0.326 e. The molecule has 1 aliphatic rings. The highest BCUT2D eigenvalue weighted by Crippen LogP contribution is 2.31. The Bertz CT molecular complexity index is 746. The number of nitrogens with zero attached hydrogens (tertiary/aromatic N) is 1. The van der Waals surface area contributed by atoms with Crippen LogP contribution in [0, 0.1) is 5.92 Å². The first kappa shape index (κ1) is 20.3. The molecule has 3 N–H and O–H groups in total. The van der Waals surface area contributed by atoms with Crippen LogP contribution in [0.25, 0.3) is 0 Å². The van der Waals surface area contributed by atoms with Crippen molar-refractivity contribution >= 4 is 32.5 Å². The lowest BCUT2D eigenvalue weighted by Gasteiger charge is -2.17. The zero-order chi connectivity index (χ0) is 16.5. The second-order valence-corrected chi connectivity index (χ2v) is 9.44. The van der Waals surface area contributed by atoms with Crippen LogP contribution in [0.4, 0.5) is 0 Å². The zero-order valence-electron chi connectivity index (χ0n) is 13.0. The third kappa shape index (κ3) is 4.65. The van der Waals surface area contributed by atoms with Gasteiger partial charge in [-0.15, -0.1) is 12.4 Å². The van der Waals surface area contributed by atoms with E-state index in [2.05, 4.69) is 4.72 Å². The maximum absolute atomic E-state index is 12.4. The van der Waals surface area contributed by atoms with Crippen LogP contribution >= 0.6 is 12.4 Å². The van der Waals surface area contributed by atoms with Crippen molar-refractivity contribution in [3.63, 3.8) is 0 Å². The van der Waals surface area contributed by atoms with Crippen LogP contribution in [0.5, 0.6) is 0 Å². The van der Waals surface area contributed by atoms with Gasteiger partial charge in [-0.3, -0.25) is 0 Å². The molecule has 0 amide bonds. The smallest absolute Gasteiger partial charge is 0.243 e. The average molecular weight is 384 g/mol. The lowest BCUT2D eigenvalue weighted by Crippen LogP contribution is -2.39. The highest BCUT2D eigenvalue weighted by Gasteiger charge is 2.31. The zero-order valence-corrected chi connectivity index (χ0v) is 15.4. The van der Waals surface area contributed by atoms with Crippen LogP contribution in [0.1, 0.15) is 12.8 Å². The lowest BCUT2D eigenvalue weighted by molar-refractivity contribution is 0.515. The van der Waals surface area contributed by atoms with Gasteiger partial charge in [0.15, 0.2) is 0 Å². The Balaban J connectivity index is 0.00000264. The molecule has 7 nitrogen and oxygen atoms in total. The fraction of sp³-hybridized carbons (Fsp3) is 0.538. The fourth-order valence-corrected chi connectivity index (χ4v) is 4.83. The summed E-state index contributed by atoms with van der Waals surface area (Å²) >= 11 is 0. The molecule has 1 fully saturated rings. The maximum Gasteiger partial charge on any atom is 0.243 e. The van der Waals surface area contributed by atoms with E-state index in [9.17, 15) is 16.8 Å². The second-order valence-electron chi connectivity index (χ2n) is 5.59. The summed E-state index contributed by atoms with van der Waals surface area (Å²) in [5.41, 5.74) is 5.88. The Kier molecular flexibility index (Phi) is 6.59. The molecule has 132 valence electrons. The van der Waals surface area contributed by atoms with Crippen LogP contribution in [0.2, 0.25) is 0 Å². The molecule has 2 rings (SSSR count). The lowest BCUT2D eigenvalue weighted by atomic mass is 10.2. The highest BCUT2D eigenvalue weighted by molar-refractivity contribution is 7.92. The number of hydrogen-bond acceptors (Lipinski definition) is 5. The van der Waals surface area contributed by atoms with Crippen molar-refractivity contribution in [1.82, 2.24) is 9.03 Å². The number of nitrogens with two attached hydrogens (primary N) is 1. The van der Waals surface area contributed by atoms with Crippen molar-refractivity contribution in [3.8, 4) is 0 Å². The molecule has 0 heterocycles. The first-order valence-corrected chi connectivity index (χ1v) is 9.85. The van der Waals surface area contributed by atoms with Gasteiger partial charge in [-0.1, -0.05) is 12.1 Å². The molecule has 0 spiro atoms. The first-order valence-electron chi connectivity index (χ1n) is 6.93. The summed E-state index contributed by atoms with van der Waals surface area (Å²) in [6.45, 7) is 0.101. The van der Waals surface area contributed by atoms with E-state index in [-0.39, 0.29) is 34.8 Å². The second kappa shape index (κ2) is 7.45. The molecule has 0 aliphatic heterocycles. The minimum atomic E-state index is -3.94. The molecule has 0 radical (unpaired) electrons. The van der Waals surface area contributed by atoms with E-state index in [1.54, 1.807) is 0 Å². The number of benzene rings is 1. The summed E-state index contributed by atoms with van der Waals surface area (Å²) in [6.07, 6.45) is 2.02. The van der Waals surface area contributed by atoms with Gasteiger partial charge >= 0.3 is 0 Å². The van der Waals surface area contributed by atoms with Crippen molar-refractivity contribution in [2.75, 3.05) is 20.6 Å². The molecule has 1 aromatic rings. The number of halogens is 1. The molecule has 1 atom stereocenters. The Hall–Kier alpha value is -0.710. The highest BCUT2D eigenvalue weighted by atomic mass is 35.5. The minimum absolute atomic E-state index is 0. The van der Waals surface area contributed by atoms with E-state index < -0.39 is 20.0 Å². The number of nitrogens with one attached hydrogen (secondary N) is 1. The molecule has 10 heteroatoms. The molecule has 1 aromatic carbocycles. The molecule has 1 unspecified atom stereocenters. The van der Waals surface area contributed by atoms with Gasteiger partial charge in [0, 0.05) is 26.7 Å². The summed E-state index contributed by atoms with van der Waals surface area (Å²) in [4.78, 5) is -0.501. The van der Waals surface area contributed by atoms with Crippen molar-refractivity contribution in [2.45, 2.75) is 28.7 Å². The van der Waals surface area contributed by atoms with Crippen molar-refractivity contribution in [2.24, 2.45) is 11.7 Å². The molecule has 0 aromatic heterocycles. The standard InChI is InChI=1S/C13H21N3O4S2.ClH/c1-16(2)22(19,20)13-6-4-3-5-12(13)21(17,18)15-9-11(14)10-7-8-10;/h3-6,10-11,15H,7-9,14H2,1-2H3;1H. The van der Waals surface area contributed by atoms with Gasteiger partial charge in [-0.2, -0.15) is 0 Å². The Labute approximate surface area is 143 Å². The van der Waals surface area contributed by atoms with Crippen LogP contribution in [-0.4, -0.2) is 47.8 Å². The Morgan fingerprint density at radius 1 is 1.17 bits per heavy atom. The van der Waals surface area contributed by atoms with E-state index in [4.69, 9.17) is 5.73 Å². The third-order valence-corrected chi connectivity index (χ3v) is 7.12. The first-order chi connectivity index (χ1) is 10.2. The van der Waals surface area contributed by atoms with Gasteiger partial charge in [0.2, 0.25) is 20.0 Å². The topological polar surface area (TPSA) is 110 Å². The SMILES string of the molecule is CN(C)S(=O)(=O)c1ccccc1S(=O)(=O)NCC(N)C1CC1.Cl. The molecular formula is C13H22ClN3O4S2. The summed E-state index contributed by atoms with van der Waals surface area (Å²) in [5, 5.41) is 0. The van der Waals surface area contributed by atoms with E-state index >= 15 is 0 Å². The van der Waals surface area contributed by atoms with Crippen LogP contribution < -0.4 is 10.5 Å². The monoisotopic (exact) mass is 383 g/mol. The van der Waals surface area contributed by atoms with Crippen LogP contribution in [0.3, 0.4) is 0 Å². The van der Waals surface area contributed by atoms with E-state index in [1.165, 1.54) is 38.4 Å². The van der Waals surface area contributed by atoms with Crippen LogP contribution in [-0.2, 0) is 20.0 Å². The normalized spacial score (nSPS) is 16.9. The molecule has 0 bridgehead atoms. The predicted molar refractivity (Wildman–Crippen MR) is 90.5 cm³/mol. The van der Waals surface area contributed by atoms with Gasteiger partial charge in [-0.05, 0) is 30.9 Å². The van der Waals surface area contributed by atoms with Gasteiger partial charge in [0.05, 0.1) is 0 Å². The average Bonchev–Trinajstić information content (AvgIpc) is 3.29. The number of hydrogen-bond donors (Lipinski definition) is 2. The summed E-state index contributed by atoms with van der Waals surface area (Å²) in [7, 11) is -5.08. The van der Waals surface area contributed by atoms with Gasteiger partial charge in [0.1, 0.15) is 9.79 Å². The number of rotatable bonds is 7. The molecule has 1 saturated carbocycles. The maximum atomic E-state index is 12.4. The third-order valence-electron chi connectivity index (χ3n) is 3.63. The van der Waals surface area contributed by atoms with Crippen LogP contribution in [0.15, 0.2) is 34.1 Å². The van der Waals surface area contributed by atoms with Gasteiger partial charge in [0.25, 0.3) is 0 Å². The van der Waals surface area contributed by atoms with E-state index in [0.717, 1.165) is 17.1 Å². The quantitative estimate of drug-likeness (QED) is 0.707. The van der Waals surface area contributed by atoms with E-state index in [1.807, 2.05) is 0 Å². The van der Waals surface area contributed by atoms with Crippen molar-refractivity contribution < 1.29 is 16.8 Å². The molecular weight excluding hydrogens is 362 g/mol. The molecule has 23 heavy (non-hydrogen) atoms. The number of sulfonamides is 2. The van der Waals surface area contributed by atoms with Crippen molar-refractivity contribution in [1.29, 1.82) is 0 Å². The van der Waals surface area contributed by atoms with Crippen molar-refractivity contribution in [3.05, 3.63) is 24.3 Å². The van der Waals surface area contributed by atoms with E-state index in [0.29, 0.717) is 5.92 Å². The molecule has 0 saturated heterocycles. The Morgan fingerprint density at radius 3 is 2.17 bits per heavy atom. The predicted octanol–water partition coefficient (Wildman–Crippen LogP) is 0.374. The fourth-order valence-electron chi connectivity index (χ4n) is 2.06. The van der Waals surface area contributed by atoms with Gasteiger partial charge in [-0.25, -0.2) is 25.9 Å².